The van der Waals surface area contributed by atoms with Crippen molar-refractivity contribution in [1.82, 2.24) is 4.98 Å². The minimum atomic E-state index is -0.534. The molecule has 0 fully saturated rings. The summed E-state index contributed by atoms with van der Waals surface area (Å²) in [5, 5.41) is 29.4. The molecule has 7 nitrogen and oxygen atoms in total. The topological polar surface area (TPSA) is 101 Å². The lowest BCUT2D eigenvalue weighted by Crippen LogP contribution is -1.80. The van der Waals surface area contributed by atoms with Gasteiger partial charge < -0.3 is 5.11 Å². The summed E-state index contributed by atoms with van der Waals surface area (Å²) in [7, 11) is 0. The van der Waals surface area contributed by atoms with Crippen molar-refractivity contribution < 1.29 is 10.0 Å². The molecule has 100 valence electrons. The number of rotatable bonds is 3. The number of nitro groups is 1. The van der Waals surface area contributed by atoms with Crippen molar-refractivity contribution in [1.29, 1.82) is 0 Å². The fourth-order valence-corrected chi connectivity index (χ4v) is 3.03. The van der Waals surface area contributed by atoms with Gasteiger partial charge in [0.2, 0.25) is 5.13 Å². The molecule has 0 unspecified atom stereocenters. The summed E-state index contributed by atoms with van der Waals surface area (Å²) in [4.78, 5) is 13.8. The second kappa shape index (κ2) is 4.94. The smallest absolute Gasteiger partial charge is 0.345 e. The van der Waals surface area contributed by atoms with E-state index in [9.17, 15) is 15.2 Å². The average Bonchev–Trinajstić information content (AvgIpc) is 3.03. The van der Waals surface area contributed by atoms with Gasteiger partial charge in [-0.1, -0.05) is 12.1 Å². The zero-order valence-corrected chi connectivity index (χ0v) is 11.4. The van der Waals surface area contributed by atoms with Crippen molar-refractivity contribution in [3.63, 3.8) is 0 Å². The molecular weight excluding hydrogens is 300 g/mol. The summed E-state index contributed by atoms with van der Waals surface area (Å²) in [5.74, 6) is 0.0559. The molecule has 1 aromatic carbocycles. The fraction of sp³-hybridized carbons (Fsp3) is 0. The number of fused-ring (bicyclic) bond motifs is 1. The van der Waals surface area contributed by atoms with Crippen molar-refractivity contribution in [2.45, 2.75) is 0 Å². The van der Waals surface area contributed by atoms with Gasteiger partial charge in [0.1, 0.15) is 6.20 Å². The van der Waals surface area contributed by atoms with Gasteiger partial charge in [-0.05, 0) is 23.5 Å². The van der Waals surface area contributed by atoms with Gasteiger partial charge in [-0.25, -0.2) is 4.98 Å². The minimum Gasteiger partial charge on any atom is -0.504 e. The van der Waals surface area contributed by atoms with Crippen LogP contribution in [0.25, 0.3) is 10.1 Å². The van der Waals surface area contributed by atoms with Crippen LogP contribution in [0.5, 0.6) is 5.75 Å². The predicted molar refractivity (Wildman–Crippen MR) is 76.4 cm³/mol. The quantitative estimate of drug-likeness (QED) is 0.440. The lowest BCUT2D eigenvalue weighted by Gasteiger charge is -1.88. The van der Waals surface area contributed by atoms with Crippen molar-refractivity contribution in [2.24, 2.45) is 10.2 Å². The Balaban J connectivity index is 1.93. The molecule has 20 heavy (non-hydrogen) atoms. The van der Waals surface area contributed by atoms with E-state index in [1.165, 1.54) is 11.3 Å². The van der Waals surface area contributed by atoms with Crippen LogP contribution in [-0.2, 0) is 0 Å². The van der Waals surface area contributed by atoms with E-state index in [4.69, 9.17) is 0 Å². The molecule has 0 bridgehead atoms. The number of benzene rings is 1. The number of aromatic hydroxyl groups is 1. The van der Waals surface area contributed by atoms with Gasteiger partial charge in [-0.2, -0.15) is 0 Å². The molecule has 0 spiro atoms. The maximum Gasteiger partial charge on any atom is 0.345 e. The highest BCUT2D eigenvalue weighted by Gasteiger charge is 2.12. The summed E-state index contributed by atoms with van der Waals surface area (Å²) in [5.41, 5.74) is 0. The molecule has 0 radical (unpaired) electrons. The standard InChI is InChI=1S/C11H6N4O3S2/c16-9-6-3-1-2-4-7(6)19-10(9)13-14-11-12-5-8(20-11)15(17)18/h1-5,16H/b14-13+. The lowest BCUT2D eigenvalue weighted by molar-refractivity contribution is -0.380. The molecule has 9 heteroatoms. The van der Waals surface area contributed by atoms with Gasteiger partial charge in [0.15, 0.2) is 10.8 Å². The van der Waals surface area contributed by atoms with Crippen LogP contribution in [0.1, 0.15) is 0 Å². The van der Waals surface area contributed by atoms with Crippen LogP contribution < -0.4 is 0 Å². The average molecular weight is 306 g/mol. The first-order valence-corrected chi connectivity index (χ1v) is 7.01. The minimum absolute atomic E-state index is 0.0559. The van der Waals surface area contributed by atoms with Gasteiger partial charge in [-0.3, -0.25) is 10.1 Å². The second-order valence-electron chi connectivity index (χ2n) is 3.69. The SMILES string of the molecule is O=[N+]([O-])c1cnc(/N=N/c2sc3ccccc3c2O)s1. The lowest BCUT2D eigenvalue weighted by atomic mass is 10.2. The maximum atomic E-state index is 10.5. The van der Waals surface area contributed by atoms with Crippen molar-refractivity contribution in [3.8, 4) is 5.75 Å². The van der Waals surface area contributed by atoms with Crippen LogP contribution in [0.2, 0.25) is 0 Å². The molecule has 3 rings (SSSR count). The molecule has 0 aliphatic rings. The largest absolute Gasteiger partial charge is 0.504 e. The normalized spacial score (nSPS) is 11.4. The summed E-state index contributed by atoms with van der Waals surface area (Å²) in [6, 6.07) is 7.34. The Morgan fingerprint density at radius 3 is 2.75 bits per heavy atom. The third kappa shape index (κ3) is 2.24. The molecule has 2 heterocycles. The van der Waals surface area contributed by atoms with E-state index in [2.05, 4.69) is 15.2 Å². The van der Waals surface area contributed by atoms with Gasteiger partial charge in [-0.15, -0.1) is 21.6 Å². The number of aromatic nitrogens is 1. The predicted octanol–water partition coefficient (Wildman–Crippen LogP) is 4.39. The number of hydrogen-bond donors (Lipinski definition) is 1. The van der Waals surface area contributed by atoms with Gasteiger partial charge >= 0.3 is 5.00 Å². The van der Waals surface area contributed by atoms with Crippen LogP contribution in [0, 0.1) is 10.1 Å². The van der Waals surface area contributed by atoms with E-state index < -0.39 is 4.92 Å². The van der Waals surface area contributed by atoms with E-state index in [1.54, 1.807) is 6.07 Å². The first-order chi connectivity index (χ1) is 9.65. The molecular formula is C11H6N4O3S2. The van der Waals surface area contributed by atoms with Gasteiger partial charge in [0.05, 0.1) is 4.92 Å². The Hall–Kier alpha value is -2.39. The van der Waals surface area contributed by atoms with E-state index in [1.807, 2.05) is 18.2 Å². The Morgan fingerprint density at radius 1 is 1.25 bits per heavy atom. The monoisotopic (exact) mass is 306 g/mol. The number of thiazole rings is 1. The molecule has 1 N–H and O–H groups in total. The second-order valence-corrected chi connectivity index (χ2v) is 5.71. The highest BCUT2D eigenvalue weighted by molar-refractivity contribution is 7.23. The highest BCUT2D eigenvalue weighted by atomic mass is 32.1. The molecule has 0 amide bonds. The van der Waals surface area contributed by atoms with Crippen molar-refractivity contribution in [2.75, 3.05) is 0 Å². The highest BCUT2D eigenvalue weighted by Crippen LogP contribution is 2.43. The van der Waals surface area contributed by atoms with Gasteiger partial charge in [0, 0.05) is 10.1 Å². The zero-order chi connectivity index (χ0) is 14.1. The van der Waals surface area contributed by atoms with Crippen LogP contribution in [0.4, 0.5) is 15.1 Å². The van der Waals surface area contributed by atoms with E-state index in [-0.39, 0.29) is 15.9 Å². The third-order valence-corrected chi connectivity index (χ3v) is 4.32. The summed E-state index contributed by atoms with van der Waals surface area (Å²) in [6.07, 6.45) is 1.13. The number of nitrogens with zero attached hydrogens (tertiary/aromatic N) is 4. The molecule has 0 atom stereocenters. The van der Waals surface area contributed by atoms with E-state index in [0.717, 1.165) is 22.2 Å². The van der Waals surface area contributed by atoms with Crippen molar-refractivity contribution in [3.05, 3.63) is 40.6 Å². The van der Waals surface area contributed by atoms with Crippen LogP contribution in [0.15, 0.2) is 40.7 Å². The Bertz CT molecular complexity index is 824. The first kappa shape index (κ1) is 12.6. The van der Waals surface area contributed by atoms with Crippen LogP contribution >= 0.6 is 22.7 Å². The van der Waals surface area contributed by atoms with Crippen molar-refractivity contribution >= 4 is 47.9 Å². The fourth-order valence-electron chi connectivity index (χ4n) is 1.56. The zero-order valence-electron chi connectivity index (χ0n) is 9.76. The molecule has 0 aliphatic heterocycles. The Morgan fingerprint density at radius 2 is 2.05 bits per heavy atom. The number of hydrogen-bond acceptors (Lipinski definition) is 8. The molecule has 0 saturated carbocycles. The third-order valence-electron chi connectivity index (χ3n) is 2.44. The van der Waals surface area contributed by atoms with E-state index >= 15 is 0 Å². The number of thiophene rings is 1. The Kier molecular flexibility index (Phi) is 3.12. The molecule has 3 aromatic rings. The summed E-state index contributed by atoms with van der Waals surface area (Å²) < 4.78 is 0.893. The summed E-state index contributed by atoms with van der Waals surface area (Å²) >= 11 is 2.11. The molecule has 2 aromatic heterocycles. The first-order valence-electron chi connectivity index (χ1n) is 5.37. The number of azo groups is 1. The van der Waals surface area contributed by atoms with E-state index in [0.29, 0.717) is 10.4 Å². The van der Waals surface area contributed by atoms with Crippen LogP contribution in [0.3, 0.4) is 0 Å². The Labute approximate surface area is 120 Å². The maximum absolute atomic E-state index is 10.5. The summed E-state index contributed by atoms with van der Waals surface area (Å²) in [6.45, 7) is 0. The molecule has 0 saturated heterocycles. The van der Waals surface area contributed by atoms with Crippen LogP contribution in [-0.4, -0.2) is 15.0 Å². The molecule has 0 aliphatic carbocycles. The van der Waals surface area contributed by atoms with Gasteiger partial charge in [0.25, 0.3) is 0 Å².